The SMILES string of the molecule is CCCC(NCC(=O)Nc1cc(C(F)(F)F)ccc1Cl)C(=O)O. The summed E-state index contributed by atoms with van der Waals surface area (Å²) in [6.07, 6.45) is -3.63. The molecular formula is C14H16ClF3N2O3. The molecule has 0 bridgehead atoms. The van der Waals surface area contributed by atoms with Gasteiger partial charge in [-0.3, -0.25) is 14.9 Å². The van der Waals surface area contributed by atoms with Crippen LogP contribution in [0.5, 0.6) is 0 Å². The summed E-state index contributed by atoms with van der Waals surface area (Å²) in [7, 11) is 0. The van der Waals surface area contributed by atoms with E-state index < -0.39 is 29.7 Å². The highest BCUT2D eigenvalue weighted by molar-refractivity contribution is 6.33. The first-order valence-corrected chi connectivity index (χ1v) is 7.15. The third-order valence-electron chi connectivity index (χ3n) is 2.95. The van der Waals surface area contributed by atoms with Crippen LogP contribution in [0.2, 0.25) is 5.02 Å². The Morgan fingerprint density at radius 2 is 2.00 bits per heavy atom. The van der Waals surface area contributed by atoms with Crippen LogP contribution < -0.4 is 10.6 Å². The van der Waals surface area contributed by atoms with Crippen molar-refractivity contribution in [3.63, 3.8) is 0 Å². The predicted octanol–water partition coefficient (Wildman–Crippen LogP) is 3.14. The maximum absolute atomic E-state index is 12.6. The quantitative estimate of drug-likeness (QED) is 0.704. The molecule has 3 N–H and O–H groups in total. The second kappa shape index (κ2) is 8.16. The Labute approximate surface area is 135 Å². The Bertz CT molecular complexity index is 579. The molecular weight excluding hydrogens is 337 g/mol. The van der Waals surface area contributed by atoms with Gasteiger partial charge in [0.25, 0.3) is 0 Å². The van der Waals surface area contributed by atoms with Gasteiger partial charge in [-0.1, -0.05) is 24.9 Å². The minimum Gasteiger partial charge on any atom is -0.480 e. The van der Waals surface area contributed by atoms with Crippen LogP contribution in [-0.4, -0.2) is 29.6 Å². The molecule has 1 aromatic rings. The van der Waals surface area contributed by atoms with Crippen LogP contribution in [0.3, 0.4) is 0 Å². The summed E-state index contributed by atoms with van der Waals surface area (Å²) < 4.78 is 37.9. The lowest BCUT2D eigenvalue weighted by atomic mass is 10.1. The Balaban J connectivity index is 2.72. The molecule has 0 spiro atoms. The number of carboxylic acid groups (broad SMARTS) is 1. The van der Waals surface area contributed by atoms with Crippen molar-refractivity contribution in [2.24, 2.45) is 0 Å². The first-order valence-electron chi connectivity index (χ1n) is 6.78. The molecule has 1 amide bonds. The Kier molecular flexibility index (Phi) is 6.83. The van der Waals surface area contributed by atoms with Crippen molar-refractivity contribution in [1.82, 2.24) is 5.32 Å². The predicted molar refractivity (Wildman–Crippen MR) is 79.4 cm³/mol. The Morgan fingerprint density at radius 1 is 1.35 bits per heavy atom. The van der Waals surface area contributed by atoms with Crippen molar-refractivity contribution in [3.05, 3.63) is 28.8 Å². The van der Waals surface area contributed by atoms with Crippen LogP contribution >= 0.6 is 11.6 Å². The number of amides is 1. The molecule has 1 rings (SSSR count). The number of carbonyl (C=O) groups excluding carboxylic acids is 1. The zero-order chi connectivity index (χ0) is 17.6. The fraction of sp³-hybridized carbons (Fsp3) is 0.429. The Hall–Kier alpha value is -1.80. The molecule has 0 aliphatic heterocycles. The van der Waals surface area contributed by atoms with E-state index in [-0.39, 0.29) is 17.3 Å². The van der Waals surface area contributed by atoms with Crippen LogP contribution in [0.15, 0.2) is 18.2 Å². The van der Waals surface area contributed by atoms with Crippen LogP contribution in [0.4, 0.5) is 18.9 Å². The summed E-state index contributed by atoms with van der Waals surface area (Å²) >= 11 is 5.76. The molecule has 0 radical (unpaired) electrons. The van der Waals surface area contributed by atoms with Gasteiger partial charge in [0.15, 0.2) is 0 Å². The molecule has 0 saturated heterocycles. The summed E-state index contributed by atoms with van der Waals surface area (Å²) in [4.78, 5) is 22.7. The number of benzene rings is 1. The fourth-order valence-electron chi connectivity index (χ4n) is 1.81. The van der Waals surface area contributed by atoms with Gasteiger partial charge in [-0.2, -0.15) is 13.2 Å². The summed E-state index contributed by atoms with van der Waals surface area (Å²) in [5, 5.41) is 13.7. The maximum atomic E-state index is 12.6. The molecule has 1 atom stereocenters. The van der Waals surface area contributed by atoms with Gasteiger partial charge < -0.3 is 10.4 Å². The van der Waals surface area contributed by atoms with Crippen LogP contribution in [0.25, 0.3) is 0 Å². The molecule has 0 heterocycles. The van der Waals surface area contributed by atoms with Gasteiger partial charge in [-0.25, -0.2) is 0 Å². The average molecular weight is 353 g/mol. The average Bonchev–Trinajstić information content (AvgIpc) is 2.44. The van der Waals surface area contributed by atoms with E-state index in [1.54, 1.807) is 6.92 Å². The second-order valence-electron chi connectivity index (χ2n) is 4.80. The van der Waals surface area contributed by atoms with E-state index in [0.29, 0.717) is 12.8 Å². The largest absolute Gasteiger partial charge is 0.480 e. The summed E-state index contributed by atoms with van der Waals surface area (Å²) in [5.74, 6) is -1.79. The zero-order valence-electron chi connectivity index (χ0n) is 12.2. The normalized spacial score (nSPS) is 12.7. The van der Waals surface area contributed by atoms with Crippen LogP contribution in [0, 0.1) is 0 Å². The topological polar surface area (TPSA) is 78.4 Å². The highest BCUT2D eigenvalue weighted by Gasteiger charge is 2.31. The number of alkyl halides is 3. The number of hydrogen-bond acceptors (Lipinski definition) is 3. The minimum atomic E-state index is -4.56. The van der Waals surface area contributed by atoms with Crippen LogP contribution in [0.1, 0.15) is 25.3 Å². The lowest BCUT2D eigenvalue weighted by Crippen LogP contribution is -2.41. The highest BCUT2D eigenvalue weighted by Crippen LogP contribution is 2.33. The van der Waals surface area contributed by atoms with Gasteiger partial charge in [0.2, 0.25) is 5.91 Å². The monoisotopic (exact) mass is 352 g/mol. The summed E-state index contributed by atoms with van der Waals surface area (Å²) in [5.41, 5.74) is -1.13. The van der Waals surface area contributed by atoms with Crippen molar-refractivity contribution in [2.75, 3.05) is 11.9 Å². The number of nitrogens with one attached hydrogen (secondary N) is 2. The number of carbonyl (C=O) groups is 2. The fourth-order valence-corrected chi connectivity index (χ4v) is 1.97. The van der Waals surface area contributed by atoms with E-state index in [2.05, 4.69) is 10.6 Å². The molecule has 23 heavy (non-hydrogen) atoms. The van der Waals surface area contributed by atoms with E-state index in [4.69, 9.17) is 16.7 Å². The van der Waals surface area contributed by atoms with Gasteiger partial charge >= 0.3 is 12.1 Å². The Morgan fingerprint density at radius 3 is 2.52 bits per heavy atom. The van der Waals surface area contributed by atoms with Crippen LogP contribution in [-0.2, 0) is 15.8 Å². The minimum absolute atomic E-state index is 0.0466. The number of hydrogen-bond donors (Lipinski definition) is 3. The summed E-state index contributed by atoms with van der Waals surface area (Å²) in [6.45, 7) is 1.43. The molecule has 1 aromatic carbocycles. The van der Waals surface area contributed by atoms with Crippen molar-refractivity contribution < 1.29 is 27.9 Å². The third-order valence-corrected chi connectivity index (χ3v) is 3.28. The lowest BCUT2D eigenvalue weighted by Gasteiger charge is -2.14. The van der Waals surface area contributed by atoms with E-state index in [0.717, 1.165) is 18.2 Å². The van der Waals surface area contributed by atoms with Crippen molar-refractivity contribution >= 4 is 29.2 Å². The van der Waals surface area contributed by atoms with Gasteiger partial charge in [0.1, 0.15) is 6.04 Å². The molecule has 0 aliphatic carbocycles. The number of anilines is 1. The van der Waals surface area contributed by atoms with Gasteiger partial charge in [0, 0.05) is 0 Å². The number of halogens is 4. The van der Waals surface area contributed by atoms with Crippen molar-refractivity contribution in [2.45, 2.75) is 32.0 Å². The van der Waals surface area contributed by atoms with E-state index >= 15 is 0 Å². The number of carboxylic acids is 1. The lowest BCUT2D eigenvalue weighted by molar-refractivity contribution is -0.140. The van der Waals surface area contributed by atoms with E-state index in [1.165, 1.54) is 0 Å². The summed E-state index contributed by atoms with van der Waals surface area (Å²) in [6, 6.07) is 1.66. The molecule has 0 saturated carbocycles. The maximum Gasteiger partial charge on any atom is 0.416 e. The molecule has 128 valence electrons. The first-order chi connectivity index (χ1) is 10.6. The van der Waals surface area contributed by atoms with E-state index in [1.807, 2.05) is 0 Å². The molecule has 0 fully saturated rings. The standard InChI is InChI=1S/C14H16ClF3N2O3/c1-2-3-10(13(22)23)19-7-12(21)20-11-6-8(14(16,17)18)4-5-9(11)15/h4-6,10,19H,2-3,7H2,1H3,(H,20,21)(H,22,23). The molecule has 0 aromatic heterocycles. The third kappa shape index (κ3) is 6.07. The highest BCUT2D eigenvalue weighted by atomic mass is 35.5. The van der Waals surface area contributed by atoms with Crippen molar-refractivity contribution in [1.29, 1.82) is 0 Å². The molecule has 9 heteroatoms. The number of aliphatic carboxylic acids is 1. The smallest absolute Gasteiger partial charge is 0.416 e. The number of rotatable bonds is 7. The first kappa shape index (κ1) is 19.2. The van der Waals surface area contributed by atoms with Gasteiger partial charge in [0.05, 0.1) is 22.8 Å². The molecule has 1 unspecified atom stereocenters. The molecule has 5 nitrogen and oxygen atoms in total. The van der Waals surface area contributed by atoms with E-state index in [9.17, 15) is 22.8 Å². The van der Waals surface area contributed by atoms with Gasteiger partial charge in [-0.05, 0) is 24.6 Å². The van der Waals surface area contributed by atoms with Gasteiger partial charge in [-0.15, -0.1) is 0 Å². The molecule has 0 aliphatic rings. The second-order valence-corrected chi connectivity index (χ2v) is 5.21. The zero-order valence-corrected chi connectivity index (χ0v) is 13.0. The van der Waals surface area contributed by atoms with Crippen molar-refractivity contribution in [3.8, 4) is 0 Å².